The summed E-state index contributed by atoms with van der Waals surface area (Å²) >= 11 is 6.29. The normalized spacial score (nSPS) is 11.3. The number of halogens is 1. The number of nitrogens with one attached hydrogen (secondary N) is 1. The van der Waals surface area contributed by atoms with Crippen LogP contribution < -0.4 is 15.6 Å². The van der Waals surface area contributed by atoms with E-state index in [1.807, 2.05) is 6.07 Å². The van der Waals surface area contributed by atoms with Gasteiger partial charge in [-0.1, -0.05) is 41.9 Å². The molecule has 1 aromatic heterocycles. The van der Waals surface area contributed by atoms with Gasteiger partial charge in [0.25, 0.3) is 15.6 Å². The minimum Gasteiger partial charge on any atom is -0.306 e. The van der Waals surface area contributed by atoms with Crippen molar-refractivity contribution in [2.45, 2.75) is 11.3 Å². The minimum atomic E-state index is -4.15. The van der Waals surface area contributed by atoms with Crippen LogP contribution >= 0.6 is 11.6 Å². The Labute approximate surface area is 194 Å². The summed E-state index contributed by atoms with van der Waals surface area (Å²) in [6.07, 6.45) is -0.0294. The van der Waals surface area contributed by atoms with Crippen LogP contribution in [0.5, 0.6) is 0 Å². The molecule has 0 bridgehead atoms. The maximum absolute atomic E-state index is 13.5. The number of hydrogen-bond acceptors (Lipinski definition) is 5. The van der Waals surface area contributed by atoms with Crippen LogP contribution in [0.4, 0.5) is 5.69 Å². The molecule has 3 aromatic carbocycles. The second kappa shape index (κ2) is 8.94. The Morgan fingerprint density at radius 3 is 2.42 bits per heavy atom. The van der Waals surface area contributed by atoms with Crippen molar-refractivity contribution in [3.8, 4) is 11.8 Å². The van der Waals surface area contributed by atoms with E-state index >= 15 is 0 Å². The standard InChI is InChI=1S/C23H17ClN4O4S/c24-19-12-11-17(33(31,32)27(14-6-13-25)16-7-2-1-3-8-16)15-21(19)28-22(29)18-9-4-5-10-20(18)26-23(28)30/h1-5,7-12,15H,6,14H2,(H,26,30). The van der Waals surface area contributed by atoms with Crippen molar-refractivity contribution in [3.63, 3.8) is 0 Å². The largest absolute Gasteiger partial charge is 0.333 e. The first-order valence-corrected chi connectivity index (χ1v) is 11.6. The predicted octanol–water partition coefficient (Wildman–Crippen LogP) is 3.44. The van der Waals surface area contributed by atoms with Crippen LogP contribution in [-0.2, 0) is 10.0 Å². The number of H-pyrrole nitrogens is 1. The lowest BCUT2D eigenvalue weighted by atomic mass is 10.2. The summed E-state index contributed by atoms with van der Waals surface area (Å²) in [5, 5.41) is 9.29. The zero-order chi connectivity index (χ0) is 23.6. The molecule has 0 aliphatic heterocycles. The Balaban J connectivity index is 1.91. The Morgan fingerprint density at radius 2 is 1.70 bits per heavy atom. The molecule has 0 aliphatic carbocycles. The number of sulfonamides is 1. The Kier molecular flexibility index (Phi) is 6.05. The zero-order valence-corrected chi connectivity index (χ0v) is 18.7. The molecule has 0 atom stereocenters. The molecule has 1 N–H and O–H groups in total. The second-order valence-corrected chi connectivity index (χ2v) is 9.32. The van der Waals surface area contributed by atoms with Crippen LogP contribution in [0.1, 0.15) is 6.42 Å². The van der Waals surface area contributed by atoms with Crippen LogP contribution in [0.15, 0.2) is 87.3 Å². The molecule has 10 heteroatoms. The molecule has 1 heterocycles. The van der Waals surface area contributed by atoms with Gasteiger partial charge in [-0.3, -0.25) is 9.10 Å². The fourth-order valence-electron chi connectivity index (χ4n) is 3.47. The topological polar surface area (TPSA) is 116 Å². The lowest BCUT2D eigenvalue weighted by Crippen LogP contribution is -2.34. The van der Waals surface area contributed by atoms with Gasteiger partial charge in [0.05, 0.1) is 44.7 Å². The number of aromatic nitrogens is 2. The molecule has 0 saturated carbocycles. The van der Waals surface area contributed by atoms with Gasteiger partial charge in [-0.25, -0.2) is 17.8 Å². The molecule has 8 nitrogen and oxygen atoms in total. The number of benzene rings is 3. The van der Waals surface area contributed by atoms with Gasteiger partial charge in [-0.2, -0.15) is 5.26 Å². The monoisotopic (exact) mass is 480 g/mol. The van der Waals surface area contributed by atoms with Crippen molar-refractivity contribution in [2.24, 2.45) is 0 Å². The summed E-state index contributed by atoms with van der Waals surface area (Å²) in [6, 6.07) is 20.6. The SMILES string of the molecule is N#CCCN(c1ccccc1)S(=O)(=O)c1ccc(Cl)c(-n2c(=O)[nH]c3ccccc3c2=O)c1. The lowest BCUT2D eigenvalue weighted by molar-refractivity contribution is 0.591. The molecule has 0 saturated heterocycles. The first kappa shape index (κ1) is 22.3. The van der Waals surface area contributed by atoms with E-state index in [9.17, 15) is 18.0 Å². The minimum absolute atomic E-state index is 0.0279. The van der Waals surface area contributed by atoms with E-state index in [0.717, 1.165) is 8.87 Å². The van der Waals surface area contributed by atoms with E-state index in [0.29, 0.717) is 11.2 Å². The molecule has 0 aliphatic rings. The van der Waals surface area contributed by atoms with Crippen molar-refractivity contribution >= 4 is 38.2 Å². The molecule has 0 radical (unpaired) electrons. The number of nitrogens with zero attached hydrogens (tertiary/aromatic N) is 3. The molecule has 4 rings (SSSR count). The van der Waals surface area contributed by atoms with Crippen LogP contribution in [0.2, 0.25) is 5.02 Å². The summed E-state index contributed by atoms with van der Waals surface area (Å²) < 4.78 is 29.0. The lowest BCUT2D eigenvalue weighted by Gasteiger charge is -2.24. The number of fused-ring (bicyclic) bond motifs is 1. The predicted molar refractivity (Wildman–Crippen MR) is 126 cm³/mol. The third-order valence-electron chi connectivity index (χ3n) is 5.02. The van der Waals surface area contributed by atoms with Gasteiger partial charge >= 0.3 is 5.69 Å². The van der Waals surface area contributed by atoms with Crippen LogP contribution in [0.3, 0.4) is 0 Å². The quantitative estimate of drug-likeness (QED) is 0.453. The Bertz CT molecular complexity index is 1610. The molecular formula is C23H17ClN4O4S. The molecule has 0 unspecified atom stereocenters. The van der Waals surface area contributed by atoms with Gasteiger partial charge in [0, 0.05) is 6.54 Å². The summed E-state index contributed by atoms with van der Waals surface area (Å²) in [5.74, 6) is 0. The van der Waals surface area contributed by atoms with E-state index in [1.54, 1.807) is 54.6 Å². The highest BCUT2D eigenvalue weighted by molar-refractivity contribution is 7.92. The van der Waals surface area contributed by atoms with Crippen LogP contribution in [0.25, 0.3) is 16.6 Å². The molecule has 166 valence electrons. The maximum Gasteiger partial charge on any atom is 0.333 e. The summed E-state index contributed by atoms with van der Waals surface area (Å²) in [6.45, 7) is -0.0721. The number of para-hydroxylation sites is 2. The van der Waals surface area contributed by atoms with Crippen LogP contribution in [0, 0.1) is 11.3 Å². The highest BCUT2D eigenvalue weighted by Gasteiger charge is 2.26. The highest BCUT2D eigenvalue weighted by Crippen LogP contribution is 2.28. The highest BCUT2D eigenvalue weighted by atomic mass is 35.5. The molecule has 0 fully saturated rings. The number of hydrogen-bond donors (Lipinski definition) is 1. The van der Waals surface area contributed by atoms with E-state index < -0.39 is 21.3 Å². The van der Waals surface area contributed by atoms with Gasteiger partial charge in [-0.05, 0) is 42.5 Å². The Morgan fingerprint density at radius 1 is 1.00 bits per heavy atom. The molecule has 33 heavy (non-hydrogen) atoms. The smallest absolute Gasteiger partial charge is 0.306 e. The fraction of sp³-hybridized carbons (Fsp3) is 0.0870. The van der Waals surface area contributed by atoms with Crippen molar-refractivity contribution in [1.29, 1.82) is 5.26 Å². The van der Waals surface area contributed by atoms with Gasteiger partial charge in [0.1, 0.15) is 0 Å². The fourth-order valence-corrected chi connectivity index (χ4v) is 5.15. The molecule has 4 aromatic rings. The molecular weight excluding hydrogens is 464 g/mol. The molecule has 0 spiro atoms. The summed E-state index contributed by atoms with van der Waals surface area (Å²) in [4.78, 5) is 28.2. The number of nitriles is 1. The van der Waals surface area contributed by atoms with Crippen molar-refractivity contribution in [2.75, 3.05) is 10.8 Å². The summed E-state index contributed by atoms with van der Waals surface area (Å²) in [5.41, 5.74) is -0.710. The van der Waals surface area contributed by atoms with E-state index in [-0.39, 0.29) is 34.0 Å². The first-order valence-electron chi connectivity index (χ1n) is 9.83. The number of aromatic amines is 1. The molecule has 0 amide bonds. The number of anilines is 1. The van der Waals surface area contributed by atoms with Crippen molar-refractivity contribution < 1.29 is 8.42 Å². The first-order chi connectivity index (χ1) is 15.8. The zero-order valence-electron chi connectivity index (χ0n) is 17.1. The third kappa shape index (κ3) is 4.14. The van der Waals surface area contributed by atoms with E-state index in [2.05, 4.69) is 4.98 Å². The van der Waals surface area contributed by atoms with Gasteiger partial charge in [0.2, 0.25) is 0 Å². The maximum atomic E-state index is 13.5. The van der Waals surface area contributed by atoms with E-state index in [1.165, 1.54) is 18.2 Å². The van der Waals surface area contributed by atoms with E-state index in [4.69, 9.17) is 16.9 Å². The second-order valence-electron chi connectivity index (χ2n) is 7.05. The average molecular weight is 481 g/mol. The van der Waals surface area contributed by atoms with Gasteiger partial charge < -0.3 is 4.98 Å². The van der Waals surface area contributed by atoms with Gasteiger partial charge in [-0.15, -0.1) is 0 Å². The average Bonchev–Trinajstić information content (AvgIpc) is 2.81. The summed E-state index contributed by atoms with van der Waals surface area (Å²) in [7, 11) is -4.15. The number of rotatable bonds is 6. The van der Waals surface area contributed by atoms with Crippen LogP contribution in [-0.4, -0.2) is 24.5 Å². The Hall–Kier alpha value is -3.87. The van der Waals surface area contributed by atoms with Crippen molar-refractivity contribution in [3.05, 3.63) is 98.7 Å². The third-order valence-corrected chi connectivity index (χ3v) is 7.17. The van der Waals surface area contributed by atoms with Crippen molar-refractivity contribution in [1.82, 2.24) is 9.55 Å². The van der Waals surface area contributed by atoms with Gasteiger partial charge in [0.15, 0.2) is 0 Å².